The molecule has 1 atom stereocenters. The van der Waals surface area contributed by atoms with Crippen LogP contribution in [0.15, 0.2) is 23.9 Å². The highest BCUT2D eigenvalue weighted by Gasteiger charge is 2.24. The van der Waals surface area contributed by atoms with E-state index in [2.05, 4.69) is 42.1 Å². The summed E-state index contributed by atoms with van der Waals surface area (Å²) in [5, 5.41) is 0. The number of nitrogens with zero attached hydrogens (tertiary/aromatic N) is 2. The van der Waals surface area contributed by atoms with Gasteiger partial charge in [0, 0.05) is 24.8 Å². The number of likely N-dealkylation sites (tertiary alicyclic amines) is 1. The lowest BCUT2D eigenvalue weighted by Crippen LogP contribution is -2.31. The van der Waals surface area contributed by atoms with Crippen molar-refractivity contribution in [3.63, 3.8) is 0 Å². The van der Waals surface area contributed by atoms with E-state index in [1.807, 2.05) is 0 Å². The fourth-order valence-electron chi connectivity index (χ4n) is 2.23. The Labute approximate surface area is 86.9 Å². The van der Waals surface area contributed by atoms with Gasteiger partial charge in [0.2, 0.25) is 0 Å². The van der Waals surface area contributed by atoms with Crippen LogP contribution in [0.3, 0.4) is 0 Å². The van der Waals surface area contributed by atoms with E-state index in [-0.39, 0.29) is 0 Å². The average Bonchev–Trinajstić information content (AvgIpc) is 2.68. The summed E-state index contributed by atoms with van der Waals surface area (Å²) in [6.07, 6.45) is 10.7. The lowest BCUT2D eigenvalue weighted by Gasteiger charge is -2.23. The molecule has 1 aliphatic carbocycles. The van der Waals surface area contributed by atoms with Crippen LogP contribution in [0.2, 0.25) is 0 Å². The predicted octanol–water partition coefficient (Wildman–Crippen LogP) is 1.86. The second-order valence-electron chi connectivity index (χ2n) is 4.46. The van der Waals surface area contributed by atoms with E-state index < -0.39 is 0 Å². The molecule has 0 saturated carbocycles. The maximum Gasteiger partial charge on any atom is 0.0334 e. The van der Waals surface area contributed by atoms with Gasteiger partial charge in [-0.2, -0.15) is 0 Å². The highest BCUT2D eigenvalue weighted by molar-refractivity contribution is 5.22. The standard InChI is InChI=1S/C12H20N2/c1-13(2)12-8-9-14(10-12)11-6-4-3-5-7-11/h4,6-7,12H,3,5,8-10H2,1-2H3/t12-/m1/s1. The van der Waals surface area contributed by atoms with E-state index in [1.165, 1.54) is 38.0 Å². The molecule has 0 aromatic carbocycles. The molecule has 1 saturated heterocycles. The van der Waals surface area contributed by atoms with Gasteiger partial charge in [0.05, 0.1) is 0 Å². The van der Waals surface area contributed by atoms with Crippen molar-refractivity contribution in [2.45, 2.75) is 25.3 Å². The minimum atomic E-state index is 0.742. The molecule has 1 heterocycles. The van der Waals surface area contributed by atoms with Gasteiger partial charge in [0.15, 0.2) is 0 Å². The van der Waals surface area contributed by atoms with Crippen molar-refractivity contribution in [2.24, 2.45) is 0 Å². The first-order valence-corrected chi connectivity index (χ1v) is 5.55. The van der Waals surface area contributed by atoms with E-state index in [4.69, 9.17) is 0 Å². The first-order valence-electron chi connectivity index (χ1n) is 5.55. The molecule has 2 aliphatic rings. The molecule has 1 fully saturated rings. The smallest absolute Gasteiger partial charge is 0.0334 e. The van der Waals surface area contributed by atoms with Crippen LogP contribution in [0.1, 0.15) is 19.3 Å². The molecule has 0 radical (unpaired) electrons. The molecule has 14 heavy (non-hydrogen) atoms. The zero-order valence-electron chi connectivity index (χ0n) is 9.24. The van der Waals surface area contributed by atoms with Crippen molar-refractivity contribution < 1.29 is 0 Å². The fourth-order valence-corrected chi connectivity index (χ4v) is 2.23. The molecule has 78 valence electrons. The van der Waals surface area contributed by atoms with Gasteiger partial charge in [-0.25, -0.2) is 0 Å². The highest BCUT2D eigenvalue weighted by Crippen LogP contribution is 2.21. The van der Waals surface area contributed by atoms with E-state index in [0.717, 1.165) is 6.04 Å². The number of rotatable bonds is 2. The fraction of sp³-hybridized carbons (Fsp3) is 0.667. The lowest BCUT2D eigenvalue weighted by atomic mass is 10.1. The van der Waals surface area contributed by atoms with Gasteiger partial charge in [0.1, 0.15) is 0 Å². The van der Waals surface area contributed by atoms with Crippen LogP contribution < -0.4 is 0 Å². The normalized spacial score (nSPS) is 27.2. The minimum absolute atomic E-state index is 0.742. The Balaban J connectivity index is 1.95. The molecule has 2 nitrogen and oxygen atoms in total. The molecule has 0 N–H and O–H groups in total. The van der Waals surface area contributed by atoms with Crippen LogP contribution in [0.5, 0.6) is 0 Å². The van der Waals surface area contributed by atoms with Gasteiger partial charge in [-0.05, 0) is 39.4 Å². The SMILES string of the molecule is CN(C)[C@@H]1CCN(C2=CCCC=C2)C1. The van der Waals surface area contributed by atoms with Crippen molar-refractivity contribution in [3.05, 3.63) is 23.9 Å². The second kappa shape index (κ2) is 4.18. The highest BCUT2D eigenvalue weighted by atomic mass is 15.2. The molecule has 1 aliphatic heterocycles. The average molecular weight is 192 g/mol. The van der Waals surface area contributed by atoms with E-state index in [1.54, 1.807) is 0 Å². The first kappa shape index (κ1) is 9.78. The Morgan fingerprint density at radius 1 is 1.36 bits per heavy atom. The van der Waals surface area contributed by atoms with Crippen molar-refractivity contribution in [2.75, 3.05) is 27.2 Å². The first-order chi connectivity index (χ1) is 6.77. The molecular weight excluding hydrogens is 172 g/mol. The number of hydrogen-bond donors (Lipinski definition) is 0. The van der Waals surface area contributed by atoms with E-state index >= 15 is 0 Å². The lowest BCUT2D eigenvalue weighted by molar-refractivity contribution is 0.292. The largest absolute Gasteiger partial charge is 0.370 e. The molecule has 0 bridgehead atoms. The minimum Gasteiger partial charge on any atom is -0.370 e. The Kier molecular flexibility index (Phi) is 2.92. The van der Waals surface area contributed by atoms with Gasteiger partial charge in [0.25, 0.3) is 0 Å². The third-order valence-corrected chi connectivity index (χ3v) is 3.23. The van der Waals surface area contributed by atoms with Crippen LogP contribution in [0, 0.1) is 0 Å². The zero-order chi connectivity index (χ0) is 9.97. The Hall–Kier alpha value is -0.760. The van der Waals surface area contributed by atoms with Crippen LogP contribution in [-0.2, 0) is 0 Å². The van der Waals surface area contributed by atoms with E-state index in [0.29, 0.717) is 0 Å². The summed E-state index contributed by atoms with van der Waals surface area (Å²) in [5.74, 6) is 0. The Bertz CT molecular complexity index is 253. The molecule has 0 amide bonds. The van der Waals surface area contributed by atoms with Crippen molar-refractivity contribution in [1.29, 1.82) is 0 Å². The summed E-state index contributed by atoms with van der Waals surface area (Å²) in [6, 6.07) is 0.742. The maximum absolute atomic E-state index is 2.51. The molecule has 0 aromatic heterocycles. The molecule has 0 aromatic rings. The number of likely N-dealkylation sites (N-methyl/N-ethyl adjacent to an activating group) is 1. The number of allylic oxidation sites excluding steroid dienone is 3. The van der Waals surface area contributed by atoms with Gasteiger partial charge in [-0.15, -0.1) is 0 Å². The third kappa shape index (κ3) is 2.01. The Morgan fingerprint density at radius 2 is 2.21 bits per heavy atom. The summed E-state index contributed by atoms with van der Waals surface area (Å²) < 4.78 is 0. The Morgan fingerprint density at radius 3 is 2.79 bits per heavy atom. The zero-order valence-corrected chi connectivity index (χ0v) is 9.24. The molecule has 2 rings (SSSR count). The van der Waals surface area contributed by atoms with Gasteiger partial charge in [-0.1, -0.05) is 12.2 Å². The third-order valence-electron chi connectivity index (χ3n) is 3.23. The van der Waals surface area contributed by atoms with Crippen LogP contribution in [-0.4, -0.2) is 43.0 Å². The molecule has 2 heteroatoms. The predicted molar refractivity (Wildman–Crippen MR) is 60.1 cm³/mol. The van der Waals surface area contributed by atoms with Gasteiger partial charge in [-0.3, -0.25) is 0 Å². The van der Waals surface area contributed by atoms with Crippen molar-refractivity contribution in [1.82, 2.24) is 9.80 Å². The number of hydrogen-bond acceptors (Lipinski definition) is 2. The molecule has 0 unspecified atom stereocenters. The van der Waals surface area contributed by atoms with Crippen LogP contribution >= 0.6 is 0 Å². The van der Waals surface area contributed by atoms with Crippen LogP contribution in [0.25, 0.3) is 0 Å². The summed E-state index contributed by atoms with van der Waals surface area (Å²) >= 11 is 0. The van der Waals surface area contributed by atoms with Gasteiger partial charge >= 0.3 is 0 Å². The summed E-state index contributed by atoms with van der Waals surface area (Å²) in [7, 11) is 4.36. The molecular formula is C12H20N2. The summed E-state index contributed by atoms with van der Waals surface area (Å²) in [4.78, 5) is 4.85. The monoisotopic (exact) mass is 192 g/mol. The maximum atomic E-state index is 2.51. The van der Waals surface area contributed by atoms with Gasteiger partial charge < -0.3 is 9.80 Å². The second-order valence-corrected chi connectivity index (χ2v) is 4.46. The topological polar surface area (TPSA) is 6.48 Å². The quantitative estimate of drug-likeness (QED) is 0.659. The van der Waals surface area contributed by atoms with Crippen LogP contribution in [0.4, 0.5) is 0 Å². The van der Waals surface area contributed by atoms with E-state index in [9.17, 15) is 0 Å². The van der Waals surface area contributed by atoms with Crippen molar-refractivity contribution in [3.8, 4) is 0 Å². The van der Waals surface area contributed by atoms with Crippen molar-refractivity contribution >= 4 is 0 Å². The summed E-state index contributed by atoms with van der Waals surface area (Å²) in [6.45, 7) is 2.42. The molecule has 0 spiro atoms. The summed E-state index contributed by atoms with van der Waals surface area (Å²) in [5.41, 5.74) is 1.45.